The SMILES string of the molecule is C[C@@]1(CCc2ccccc2)NC(=O)N(CC(=O)Nc2cc(Cl)c(Cl)cc2Cl)C1=O. The lowest BCUT2D eigenvalue weighted by Crippen LogP contribution is -2.45. The van der Waals surface area contributed by atoms with E-state index in [1.165, 1.54) is 12.1 Å². The fraction of sp³-hybridized carbons (Fsp3) is 0.250. The minimum absolute atomic E-state index is 0.192. The van der Waals surface area contributed by atoms with Crippen LogP contribution >= 0.6 is 34.8 Å². The van der Waals surface area contributed by atoms with Gasteiger partial charge >= 0.3 is 6.03 Å². The Morgan fingerprint density at radius 3 is 2.41 bits per heavy atom. The number of rotatable bonds is 6. The van der Waals surface area contributed by atoms with Crippen molar-refractivity contribution in [2.45, 2.75) is 25.3 Å². The first-order valence-corrected chi connectivity index (χ1v) is 9.95. The van der Waals surface area contributed by atoms with E-state index in [2.05, 4.69) is 10.6 Å². The number of carbonyl (C=O) groups excluding carboxylic acids is 3. The van der Waals surface area contributed by atoms with Crippen LogP contribution in [-0.2, 0) is 16.0 Å². The summed E-state index contributed by atoms with van der Waals surface area (Å²) in [5, 5.41) is 5.89. The van der Waals surface area contributed by atoms with E-state index in [0.717, 1.165) is 10.5 Å². The number of aryl methyl sites for hydroxylation is 1. The molecule has 2 aromatic rings. The van der Waals surface area contributed by atoms with Gasteiger partial charge in [0.05, 0.1) is 20.8 Å². The number of hydrogen-bond acceptors (Lipinski definition) is 3. The van der Waals surface area contributed by atoms with E-state index in [9.17, 15) is 14.4 Å². The number of amides is 4. The van der Waals surface area contributed by atoms with Crippen LogP contribution in [0.4, 0.5) is 10.5 Å². The van der Waals surface area contributed by atoms with Crippen LogP contribution in [0.25, 0.3) is 0 Å². The molecule has 1 atom stereocenters. The first-order valence-electron chi connectivity index (χ1n) is 8.82. The average molecular weight is 455 g/mol. The highest BCUT2D eigenvalue weighted by atomic mass is 35.5. The average Bonchev–Trinajstić information content (AvgIpc) is 2.89. The summed E-state index contributed by atoms with van der Waals surface area (Å²) in [7, 11) is 0. The minimum Gasteiger partial charge on any atom is -0.323 e. The molecule has 6 nitrogen and oxygen atoms in total. The lowest BCUT2D eigenvalue weighted by Gasteiger charge is -2.21. The first kappa shape index (κ1) is 21.4. The Kier molecular flexibility index (Phi) is 6.36. The number of hydrogen-bond donors (Lipinski definition) is 2. The molecule has 2 aromatic carbocycles. The molecule has 0 aromatic heterocycles. The molecule has 1 saturated heterocycles. The van der Waals surface area contributed by atoms with Crippen LogP contribution in [0.2, 0.25) is 15.1 Å². The quantitative estimate of drug-likeness (QED) is 0.497. The zero-order valence-electron chi connectivity index (χ0n) is 15.5. The van der Waals surface area contributed by atoms with Gasteiger partial charge in [0.25, 0.3) is 5.91 Å². The molecule has 1 aliphatic heterocycles. The number of carbonyl (C=O) groups is 3. The predicted octanol–water partition coefficient (Wildman–Crippen LogP) is 4.53. The Balaban J connectivity index is 1.65. The molecular formula is C20H18Cl3N3O3. The van der Waals surface area contributed by atoms with Crippen molar-refractivity contribution in [2.75, 3.05) is 11.9 Å². The van der Waals surface area contributed by atoms with Gasteiger partial charge in [0, 0.05) is 0 Å². The third kappa shape index (κ3) is 4.83. The van der Waals surface area contributed by atoms with E-state index < -0.39 is 29.9 Å². The Morgan fingerprint density at radius 1 is 1.07 bits per heavy atom. The standard InChI is InChI=1S/C20H18Cl3N3O3/c1-20(8-7-12-5-3-2-4-6-12)18(28)26(19(29)25-20)11-17(27)24-16-10-14(22)13(21)9-15(16)23/h2-6,9-10H,7-8,11H2,1H3,(H,24,27)(H,25,29)/t20-/m0/s1. The summed E-state index contributed by atoms with van der Waals surface area (Å²) < 4.78 is 0. The summed E-state index contributed by atoms with van der Waals surface area (Å²) in [6, 6.07) is 11.8. The number of anilines is 1. The van der Waals surface area contributed by atoms with Crippen molar-refractivity contribution in [2.24, 2.45) is 0 Å². The Hall–Kier alpha value is -2.28. The summed E-state index contributed by atoms with van der Waals surface area (Å²) >= 11 is 17.9. The van der Waals surface area contributed by atoms with Crippen LogP contribution in [0.5, 0.6) is 0 Å². The second kappa shape index (κ2) is 8.61. The Morgan fingerprint density at radius 2 is 1.72 bits per heavy atom. The summed E-state index contributed by atoms with van der Waals surface area (Å²) in [6.45, 7) is 1.21. The zero-order valence-corrected chi connectivity index (χ0v) is 17.7. The minimum atomic E-state index is -1.07. The van der Waals surface area contributed by atoms with Gasteiger partial charge < -0.3 is 10.6 Å². The van der Waals surface area contributed by atoms with Gasteiger partial charge in [-0.3, -0.25) is 14.5 Å². The molecule has 0 saturated carbocycles. The van der Waals surface area contributed by atoms with Crippen molar-refractivity contribution in [1.82, 2.24) is 10.2 Å². The normalized spacial score (nSPS) is 18.7. The highest BCUT2D eigenvalue weighted by Gasteiger charge is 2.47. The molecule has 0 unspecified atom stereocenters. The Labute approximate surface area is 183 Å². The van der Waals surface area contributed by atoms with Crippen molar-refractivity contribution >= 4 is 58.3 Å². The number of benzene rings is 2. The topological polar surface area (TPSA) is 78.5 Å². The maximum atomic E-state index is 12.8. The van der Waals surface area contributed by atoms with Gasteiger partial charge in [0.1, 0.15) is 12.1 Å². The molecule has 0 radical (unpaired) electrons. The molecule has 0 aliphatic carbocycles. The van der Waals surface area contributed by atoms with Gasteiger partial charge in [-0.25, -0.2) is 4.79 Å². The number of nitrogens with one attached hydrogen (secondary N) is 2. The van der Waals surface area contributed by atoms with E-state index in [-0.39, 0.29) is 20.8 Å². The van der Waals surface area contributed by atoms with Crippen LogP contribution in [0.3, 0.4) is 0 Å². The number of nitrogens with zero attached hydrogens (tertiary/aromatic N) is 1. The molecule has 152 valence electrons. The van der Waals surface area contributed by atoms with E-state index in [4.69, 9.17) is 34.8 Å². The molecule has 1 aliphatic rings. The van der Waals surface area contributed by atoms with Crippen LogP contribution in [0.1, 0.15) is 18.9 Å². The second-order valence-electron chi connectivity index (χ2n) is 6.93. The summed E-state index contributed by atoms with van der Waals surface area (Å²) in [6.07, 6.45) is 1.03. The summed E-state index contributed by atoms with van der Waals surface area (Å²) in [5.74, 6) is -1.03. The molecule has 9 heteroatoms. The van der Waals surface area contributed by atoms with Crippen molar-refractivity contribution < 1.29 is 14.4 Å². The lowest BCUT2D eigenvalue weighted by molar-refractivity contribution is -0.133. The highest BCUT2D eigenvalue weighted by Crippen LogP contribution is 2.32. The van der Waals surface area contributed by atoms with Gasteiger partial charge in [-0.15, -0.1) is 0 Å². The van der Waals surface area contributed by atoms with Crippen molar-refractivity contribution in [3.05, 3.63) is 63.1 Å². The maximum Gasteiger partial charge on any atom is 0.325 e. The lowest BCUT2D eigenvalue weighted by atomic mass is 9.93. The van der Waals surface area contributed by atoms with Crippen LogP contribution in [0.15, 0.2) is 42.5 Å². The molecule has 29 heavy (non-hydrogen) atoms. The van der Waals surface area contributed by atoms with Gasteiger partial charge in [-0.1, -0.05) is 65.1 Å². The number of imide groups is 1. The van der Waals surface area contributed by atoms with E-state index in [0.29, 0.717) is 12.8 Å². The molecule has 4 amide bonds. The van der Waals surface area contributed by atoms with Crippen LogP contribution in [-0.4, -0.2) is 34.8 Å². The van der Waals surface area contributed by atoms with E-state index in [1.54, 1.807) is 6.92 Å². The van der Waals surface area contributed by atoms with Crippen LogP contribution in [0, 0.1) is 0 Å². The van der Waals surface area contributed by atoms with Gasteiger partial charge in [0.15, 0.2) is 0 Å². The predicted molar refractivity (Wildman–Crippen MR) is 114 cm³/mol. The molecular weight excluding hydrogens is 437 g/mol. The highest BCUT2D eigenvalue weighted by molar-refractivity contribution is 6.44. The third-order valence-electron chi connectivity index (χ3n) is 4.69. The van der Waals surface area contributed by atoms with Crippen molar-refractivity contribution in [1.29, 1.82) is 0 Å². The smallest absolute Gasteiger partial charge is 0.323 e. The Bertz CT molecular complexity index is 968. The second-order valence-corrected chi connectivity index (χ2v) is 8.16. The van der Waals surface area contributed by atoms with E-state index in [1.807, 2.05) is 30.3 Å². The molecule has 1 heterocycles. The van der Waals surface area contributed by atoms with Gasteiger partial charge in [0.2, 0.25) is 5.91 Å². The molecule has 2 N–H and O–H groups in total. The summed E-state index contributed by atoms with van der Waals surface area (Å²) in [5.41, 5.74) is 0.222. The van der Waals surface area contributed by atoms with Crippen LogP contribution < -0.4 is 10.6 Å². The number of halogens is 3. The molecule has 3 rings (SSSR count). The van der Waals surface area contributed by atoms with E-state index >= 15 is 0 Å². The first-order chi connectivity index (χ1) is 13.7. The molecule has 1 fully saturated rings. The van der Waals surface area contributed by atoms with Gasteiger partial charge in [-0.05, 0) is 37.5 Å². The summed E-state index contributed by atoms with van der Waals surface area (Å²) in [4.78, 5) is 38.4. The van der Waals surface area contributed by atoms with Crippen molar-refractivity contribution in [3.8, 4) is 0 Å². The maximum absolute atomic E-state index is 12.8. The monoisotopic (exact) mass is 453 g/mol. The zero-order chi connectivity index (χ0) is 21.2. The fourth-order valence-electron chi connectivity index (χ4n) is 3.05. The number of urea groups is 1. The third-order valence-corrected chi connectivity index (χ3v) is 5.72. The fourth-order valence-corrected chi connectivity index (χ4v) is 3.64. The molecule has 0 bridgehead atoms. The largest absolute Gasteiger partial charge is 0.325 e. The molecule has 0 spiro atoms. The van der Waals surface area contributed by atoms with Crippen molar-refractivity contribution in [3.63, 3.8) is 0 Å². The van der Waals surface area contributed by atoms with Gasteiger partial charge in [-0.2, -0.15) is 0 Å².